The molecule has 0 radical (unpaired) electrons. The van der Waals surface area contributed by atoms with E-state index in [2.05, 4.69) is 27.5 Å². The van der Waals surface area contributed by atoms with Crippen LogP contribution in [0.25, 0.3) is 0 Å². The summed E-state index contributed by atoms with van der Waals surface area (Å²) in [7, 11) is 0. The lowest BCUT2D eigenvalue weighted by molar-refractivity contribution is 0.251. The Morgan fingerprint density at radius 1 is 1.35 bits per heavy atom. The molecule has 0 aliphatic carbocycles. The maximum absolute atomic E-state index is 11.8. The number of anilines is 1. The molecule has 2 aromatic heterocycles. The van der Waals surface area contributed by atoms with Crippen LogP contribution in [0.3, 0.4) is 0 Å². The third kappa shape index (κ3) is 3.81. The molecule has 2 heterocycles. The summed E-state index contributed by atoms with van der Waals surface area (Å²) in [6.45, 7) is 5.31. The number of rotatable bonds is 5. The molecular weight excluding hydrogens is 254 g/mol. The predicted molar refractivity (Wildman–Crippen MR) is 77.4 cm³/mol. The summed E-state index contributed by atoms with van der Waals surface area (Å²) >= 11 is 0. The minimum atomic E-state index is -0.262. The largest absolute Gasteiger partial charge is 0.333 e. The summed E-state index contributed by atoms with van der Waals surface area (Å²) in [6, 6.07) is 3.41. The number of amides is 2. The number of hydrogen-bond acceptors (Lipinski definition) is 3. The fourth-order valence-corrected chi connectivity index (χ4v) is 1.83. The van der Waals surface area contributed by atoms with Crippen molar-refractivity contribution in [1.82, 2.24) is 19.9 Å². The third-order valence-corrected chi connectivity index (χ3v) is 2.84. The Labute approximate surface area is 118 Å². The Balaban J connectivity index is 1.85. The summed E-state index contributed by atoms with van der Waals surface area (Å²) < 4.78 is 2.04. The Morgan fingerprint density at radius 2 is 2.20 bits per heavy atom. The standard InChI is InChI=1S/C14H19N5O/c1-3-7-19-8-6-15-13(19)10-17-14(20)18-12-5-4-11(2)16-9-12/h4-6,8-9H,3,7,10H2,1-2H3,(H2,17,18,20). The highest BCUT2D eigenvalue weighted by Gasteiger charge is 2.05. The molecule has 0 spiro atoms. The zero-order chi connectivity index (χ0) is 14.4. The maximum atomic E-state index is 11.8. The molecule has 2 rings (SSSR count). The summed E-state index contributed by atoms with van der Waals surface area (Å²) in [5, 5.41) is 5.52. The van der Waals surface area contributed by atoms with E-state index in [4.69, 9.17) is 0 Å². The van der Waals surface area contributed by atoms with Crippen LogP contribution in [0.5, 0.6) is 0 Å². The van der Waals surface area contributed by atoms with Crippen molar-refractivity contribution in [3.63, 3.8) is 0 Å². The summed E-state index contributed by atoms with van der Waals surface area (Å²) in [5.74, 6) is 0.851. The van der Waals surface area contributed by atoms with Gasteiger partial charge in [-0.25, -0.2) is 9.78 Å². The van der Waals surface area contributed by atoms with Gasteiger partial charge in [0.2, 0.25) is 0 Å². The van der Waals surface area contributed by atoms with Crippen molar-refractivity contribution < 1.29 is 4.79 Å². The lowest BCUT2D eigenvalue weighted by Crippen LogP contribution is -2.29. The first-order valence-corrected chi connectivity index (χ1v) is 6.66. The quantitative estimate of drug-likeness (QED) is 0.878. The van der Waals surface area contributed by atoms with Gasteiger partial charge in [0, 0.05) is 24.6 Å². The zero-order valence-electron chi connectivity index (χ0n) is 11.8. The number of carbonyl (C=O) groups is 1. The van der Waals surface area contributed by atoms with Gasteiger partial charge >= 0.3 is 6.03 Å². The molecular formula is C14H19N5O. The van der Waals surface area contributed by atoms with Crippen molar-refractivity contribution in [2.24, 2.45) is 0 Å². The molecule has 0 saturated heterocycles. The highest BCUT2D eigenvalue weighted by atomic mass is 16.2. The lowest BCUT2D eigenvalue weighted by Gasteiger charge is -2.09. The number of nitrogens with zero attached hydrogens (tertiary/aromatic N) is 3. The molecule has 0 fully saturated rings. The van der Waals surface area contributed by atoms with E-state index in [0.29, 0.717) is 12.2 Å². The van der Waals surface area contributed by atoms with Gasteiger partial charge in [-0.3, -0.25) is 4.98 Å². The average Bonchev–Trinajstić information content (AvgIpc) is 2.87. The molecule has 6 heteroatoms. The molecule has 2 amide bonds. The van der Waals surface area contributed by atoms with E-state index in [9.17, 15) is 4.79 Å². The summed E-state index contributed by atoms with van der Waals surface area (Å²) in [4.78, 5) is 20.1. The van der Waals surface area contributed by atoms with E-state index in [1.807, 2.05) is 29.8 Å². The SMILES string of the molecule is CCCn1ccnc1CNC(=O)Nc1ccc(C)nc1. The van der Waals surface area contributed by atoms with Gasteiger partial charge in [-0.2, -0.15) is 0 Å². The third-order valence-electron chi connectivity index (χ3n) is 2.84. The van der Waals surface area contributed by atoms with E-state index in [1.165, 1.54) is 0 Å². The molecule has 6 nitrogen and oxygen atoms in total. The van der Waals surface area contributed by atoms with Gasteiger partial charge in [0.15, 0.2) is 0 Å². The van der Waals surface area contributed by atoms with E-state index >= 15 is 0 Å². The second kappa shape index (κ2) is 6.70. The number of imidazole rings is 1. The molecule has 2 aromatic rings. The van der Waals surface area contributed by atoms with Crippen molar-refractivity contribution in [2.75, 3.05) is 5.32 Å². The minimum absolute atomic E-state index is 0.262. The van der Waals surface area contributed by atoms with Crippen molar-refractivity contribution in [3.05, 3.63) is 42.2 Å². The Morgan fingerprint density at radius 3 is 2.90 bits per heavy atom. The average molecular weight is 273 g/mol. The lowest BCUT2D eigenvalue weighted by atomic mass is 10.3. The van der Waals surface area contributed by atoms with E-state index < -0.39 is 0 Å². The predicted octanol–water partition coefficient (Wildman–Crippen LogP) is 2.32. The second-order valence-electron chi connectivity index (χ2n) is 4.53. The molecule has 0 aliphatic rings. The van der Waals surface area contributed by atoms with Crippen LogP contribution in [0.1, 0.15) is 24.9 Å². The van der Waals surface area contributed by atoms with Crippen molar-refractivity contribution >= 4 is 11.7 Å². The highest BCUT2D eigenvalue weighted by Crippen LogP contribution is 2.05. The van der Waals surface area contributed by atoms with Crippen LogP contribution in [-0.4, -0.2) is 20.6 Å². The summed E-state index contributed by atoms with van der Waals surface area (Å²) in [6.07, 6.45) is 6.33. The maximum Gasteiger partial charge on any atom is 0.319 e. The topological polar surface area (TPSA) is 71.8 Å². The van der Waals surface area contributed by atoms with Crippen molar-refractivity contribution in [1.29, 1.82) is 0 Å². The van der Waals surface area contributed by atoms with Crippen LogP contribution in [0.15, 0.2) is 30.7 Å². The zero-order valence-corrected chi connectivity index (χ0v) is 11.8. The molecule has 0 aromatic carbocycles. The monoisotopic (exact) mass is 273 g/mol. The number of aromatic nitrogens is 3. The molecule has 0 saturated carbocycles. The van der Waals surface area contributed by atoms with Crippen molar-refractivity contribution in [3.8, 4) is 0 Å². The van der Waals surface area contributed by atoms with E-state index in [0.717, 1.165) is 24.5 Å². The smallest absolute Gasteiger partial charge is 0.319 e. The fraction of sp³-hybridized carbons (Fsp3) is 0.357. The number of pyridine rings is 1. The first-order valence-electron chi connectivity index (χ1n) is 6.66. The fourth-order valence-electron chi connectivity index (χ4n) is 1.83. The number of carbonyl (C=O) groups excluding carboxylic acids is 1. The number of aryl methyl sites for hydroxylation is 2. The van der Waals surface area contributed by atoms with Gasteiger partial charge in [-0.15, -0.1) is 0 Å². The Kier molecular flexibility index (Phi) is 4.70. The second-order valence-corrected chi connectivity index (χ2v) is 4.53. The van der Waals surface area contributed by atoms with E-state index in [1.54, 1.807) is 12.4 Å². The first kappa shape index (κ1) is 14.0. The molecule has 0 unspecified atom stereocenters. The molecule has 0 aliphatic heterocycles. The van der Waals surface area contributed by atoms with Gasteiger partial charge in [-0.05, 0) is 25.5 Å². The number of nitrogens with one attached hydrogen (secondary N) is 2. The Hall–Kier alpha value is -2.37. The van der Waals surface area contributed by atoms with Crippen LogP contribution in [0, 0.1) is 6.92 Å². The molecule has 0 bridgehead atoms. The van der Waals surface area contributed by atoms with Crippen LogP contribution in [0.4, 0.5) is 10.5 Å². The molecule has 106 valence electrons. The summed E-state index contributed by atoms with van der Waals surface area (Å²) in [5.41, 5.74) is 1.59. The first-order chi connectivity index (χ1) is 9.69. The van der Waals surface area contributed by atoms with Gasteiger partial charge in [-0.1, -0.05) is 6.92 Å². The van der Waals surface area contributed by atoms with Crippen LogP contribution >= 0.6 is 0 Å². The van der Waals surface area contributed by atoms with Crippen molar-refractivity contribution in [2.45, 2.75) is 33.4 Å². The molecule has 2 N–H and O–H groups in total. The van der Waals surface area contributed by atoms with Gasteiger partial charge < -0.3 is 15.2 Å². The van der Waals surface area contributed by atoms with E-state index in [-0.39, 0.29) is 6.03 Å². The van der Waals surface area contributed by atoms with Gasteiger partial charge in [0.25, 0.3) is 0 Å². The number of urea groups is 1. The minimum Gasteiger partial charge on any atom is -0.333 e. The number of hydrogen-bond donors (Lipinski definition) is 2. The Bertz CT molecular complexity index is 561. The van der Waals surface area contributed by atoms with Crippen LogP contribution in [-0.2, 0) is 13.1 Å². The normalized spacial score (nSPS) is 10.3. The van der Waals surface area contributed by atoms with Crippen LogP contribution < -0.4 is 10.6 Å². The highest BCUT2D eigenvalue weighted by molar-refractivity contribution is 5.88. The van der Waals surface area contributed by atoms with Gasteiger partial charge in [0.1, 0.15) is 5.82 Å². The van der Waals surface area contributed by atoms with Gasteiger partial charge in [0.05, 0.1) is 18.4 Å². The molecule has 20 heavy (non-hydrogen) atoms. The molecule has 0 atom stereocenters. The van der Waals surface area contributed by atoms with Crippen LogP contribution in [0.2, 0.25) is 0 Å².